The van der Waals surface area contributed by atoms with Crippen LogP contribution >= 0.6 is 0 Å². The standard InChI is InChI=1S/C16H21N5O/c1-20-11-9-15(19-20)18-16(22)21-10-5-8-14(12-21)17-13-6-3-2-4-7-13/h2-4,6-7,9,11,14,17H,5,8,10,12H2,1H3,(H,18,19,22)/t14-/m0/s1. The normalized spacial score (nSPS) is 18.0. The fourth-order valence-corrected chi connectivity index (χ4v) is 2.72. The Labute approximate surface area is 130 Å². The van der Waals surface area contributed by atoms with Crippen LogP contribution in [0.15, 0.2) is 42.6 Å². The molecule has 2 amide bonds. The number of anilines is 2. The molecule has 22 heavy (non-hydrogen) atoms. The molecule has 0 aliphatic carbocycles. The van der Waals surface area contributed by atoms with E-state index in [4.69, 9.17) is 0 Å². The van der Waals surface area contributed by atoms with Crippen molar-refractivity contribution in [3.63, 3.8) is 0 Å². The van der Waals surface area contributed by atoms with Crippen LogP contribution in [0.5, 0.6) is 0 Å². The first-order valence-corrected chi connectivity index (χ1v) is 7.58. The lowest BCUT2D eigenvalue weighted by atomic mass is 10.1. The fraction of sp³-hybridized carbons (Fsp3) is 0.375. The first-order valence-electron chi connectivity index (χ1n) is 7.58. The number of rotatable bonds is 3. The predicted molar refractivity (Wildman–Crippen MR) is 86.9 cm³/mol. The van der Waals surface area contributed by atoms with Crippen LogP contribution in [0, 0.1) is 0 Å². The second-order valence-corrected chi connectivity index (χ2v) is 5.60. The highest BCUT2D eigenvalue weighted by Crippen LogP contribution is 2.16. The lowest BCUT2D eigenvalue weighted by Gasteiger charge is -2.33. The quantitative estimate of drug-likeness (QED) is 0.915. The van der Waals surface area contributed by atoms with Crippen LogP contribution in [0.2, 0.25) is 0 Å². The summed E-state index contributed by atoms with van der Waals surface area (Å²) in [6.45, 7) is 1.49. The van der Waals surface area contributed by atoms with Crippen molar-refractivity contribution in [3.05, 3.63) is 42.6 Å². The van der Waals surface area contributed by atoms with Gasteiger partial charge >= 0.3 is 6.03 Å². The molecule has 2 heterocycles. The van der Waals surface area contributed by atoms with Crippen LogP contribution in [-0.4, -0.2) is 39.8 Å². The summed E-state index contributed by atoms with van der Waals surface area (Å²) in [5, 5.41) is 10.5. The lowest BCUT2D eigenvalue weighted by molar-refractivity contribution is 0.196. The monoisotopic (exact) mass is 299 g/mol. The number of carbonyl (C=O) groups excluding carboxylic acids is 1. The second kappa shape index (κ2) is 6.51. The molecule has 0 radical (unpaired) electrons. The molecule has 2 aromatic rings. The zero-order chi connectivity index (χ0) is 15.4. The molecule has 1 fully saturated rings. The third-order valence-corrected chi connectivity index (χ3v) is 3.80. The number of para-hydroxylation sites is 1. The minimum atomic E-state index is -0.0849. The maximum absolute atomic E-state index is 12.3. The maximum atomic E-state index is 12.3. The molecular formula is C16H21N5O. The Bertz CT molecular complexity index is 624. The van der Waals surface area contributed by atoms with Gasteiger partial charge in [0.2, 0.25) is 0 Å². The Balaban J connectivity index is 1.57. The summed E-state index contributed by atoms with van der Waals surface area (Å²) in [4.78, 5) is 14.2. The zero-order valence-electron chi connectivity index (χ0n) is 12.7. The average molecular weight is 299 g/mol. The van der Waals surface area contributed by atoms with E-state index < -0.39 is 0 Å². The molecule has 6 heteroatoms. The van der Waals surface area contributed by atoms with Gasteiger partial charge in [0, 0.05) is 44.1 Å². The van der Waals surface area contributed by atoms with Crippen LogP contribution < -0.4 is 10.6 Å². The predicted octanol–water partition coefficient (Wildman–Crippen LogP) is 2.53. The molecule has 6 nitrogen and oxygen atoms in total. The number of aromatic nitrogens is 2. The summed E-state index contributed by atoms with van der Waals surface area (Å²) in [5.41, 5.74) is 1.10. The van der Waals surface area contributed by atoms with Gasteiger partial charge in [0.05, 0.1) is 0 Å². The molecule has 1 aromatic heterocycles. The van der Waals surface area contributed by atoms with Crippen LogP contribution in [0.3, 0.4) is 0 Å². The Kier molecular flexibility index (Phi) is 4.27. The molecule has 3 rings (SSSR count). The summed E-state index contributed by atoms with van der Waals surface area (Å²) in [7, 11) is 1.83. The first-order chi connectivity index (χ1) is 10.7. The average Bonchev–Trinajstić information content (AvgIpc) is 2.93. The number of urea groups is 1. The van der Waals surface area contributed by atoms with E-state index in [0.29, 0.717) is 12.4 Å². The maximum Gasteiger partial charge on any atom is 0.323 e. The van der Waals surface area contributed by atoms with E-state index in [9.17, 15) is 4.79 Å². The van der Waals surface area contributed by atoms with E-state index in [1.54, 1.807) is 10.7 Å². The lowest BCUT2D eigenvalue weighted by Crippen LogP contribution is -2.46. The SMILES string of the molecule is Cn1ccc(NC(=O)N2CCC[C@H](Nc3ccccc3)C2)n1. The van der Waals surface area contributed by atoms with Crippen LogP contribution in [0.4, 0.5) is 16.3 Å². The van der Waals surface area contributed by atoms with E-state index >= 15 is 0 Å². The van der Waals surface area contributed by atoms with Gasteiger partial charge in [-0.3, -0.25) is 10.00 Å². The van der Waals surface area contributed by atoms with Crippen LogP contribution in [-0.2, 0) is 7.05 Å². The molecule has 1 aromatic carbocycles. The number of piperidine rings is 1. The highest BCUT2D eigenvalue weighted by molar-refractivity contribution is 5.88. The topological polar surface area (TPSA) is 62.2 Å². The Morgan fingerprint density at radius 1 is 1.27 bits per heavy atom. The van der Waals surface area contributed by atoms with Gasteiger partial charge in [-0.05, 0) is 25.0 Å². The summed E-state index contributed by atoms with van der Waals surface area (Å²) >= 11 is 0. The molecule has 0 saturated carbocycles. The van der Waals surface area contributed by atoms with Crippen molar-refractivity contribution in [2.24, 2.45) is 7.05 Å². The summed E-state index contributed by atoms with van der Waals surface area (Å²) < 4.78 is 1.67. The number of likely N-dealkylation sites (tertiary alicyclic amines) is 1. The summed E-state index contributed by atoms with van der Waals surface area (Å²) in [6.07, 6.45) is 3.88. The zero-order valence-corrected chi connectivity index (χ0v) is 12.7. The fourth-order valence-electron chi connectivity index (χ4n) is 2.72. The van der Waals surface area contributed by atoms with E-state index in [1.807, 2.05) is 48.5 Å². The number of nitrogens with zero attached hydrogens (tertiary/aromatic N) is 3. The molecule has 2 N–H and O–H groups in total. The van der Waals surface area contributed by atoms with Crippen LogP contribution in [0.25, 0.3) is 0 Å². The molecule has 1 aliphatic rings. The molecule has 1 aliphatic heterocycles. The molecule has 116 valence electrons. The second-order valence-electron chi connectivity index (χ2n) is 5.60. The largest absolute Gasteiger partial charge is 0.381 e. The third kappa shape index (κ3) is 3.58. The van der Waals surface area contributed by atoms with Crippen molar-refractivity contribution in [3.8, 4) is 0 Å². The minimum absolute atomic E-state index is 0.0849. The van der Waals surface area contributed by atoms with Crippen molar-refractivity contribution in [1.82, 2.24) is 14.7 Å². The minimum Gasteiger partial charge on any atom is -0.381 e. The molecule has 0 spiro atoms. The Morgan fingerprint density at radius 2 is 2.09 bits per heavy atom. The van der Waals surface area contributed by atoms with E-state index in [-0.39, 0.29) is 12.1 Å². The smallest absolute Gasteiger partial charge is 0.323 e. The van der Waals surface area contributed by atoms with E-state index in [1.165, 1.54) is 0 Å². The summed E-state index contributed by atoms with van der Waals surface area (Å²) in [6, 6.07) is 12.1. The third-order valence-electron chi connectivity index (χ3n) is 3.80. The van der Waals surface area contributed by atoms with Gasteiger partial charge in [-0.25, -0.2) is 4.79 Å². The number of benzene rings is 1. The number of aryl methyl sites for hydroxylation is 1. The number of hydrogen-bond donors (Lipinski definition) is 2. The molecule has 0 bridgehead atoms. The summed E-state index contributed by atoms with van der Waals surface area (Å²) in [5.74, 6) is 0.589. The van der Waals surface area contributed by atoms with Crippen LogP contribution in [0.1, 0.15) is 12.8 Å². The number of hydrogen-bond acceptors (Lipinski definition) is 3. The van der Waals surface area contributed by atoms with Crippen molar-refractivity contribution < 1.29 is 4.79 Å². The van der Waals surface area contributed by atoms with E-state index in [2.05, 4.69) is 15.7 Å². The van der Waals surface area contributed by atoms with Gasteiger partial charge in [-0.15, -0.1) is 0 Å². The van der Waals surface area contributed by atoms with Crippen molar-refractivity contribution in [2.45, 2.75) is 18.9 Å². The number of amides is 2. The highest BCUT2D eigenvalue weighted by Gasteiger charge is 2.23. The van der Waals surface area contributed by atoms with Gasteiger partial charge < -0.3 is 10.2 Å². The Morgan fingerprint density at radius 3 is 2.82 bits per heavy atom. The van der Waals surface area contributed by atoms with Crippen molar-refractivity contribution in [1.29, 1.82) is 0 Å². The van der Waals surface area contributed by atoms with E-state index in [0.717, 1.165) is 25.1 Å². The van der Waals surface area contributed by atoms with Gasteiger partial charge in [-0.2, -0.15) is 5.10 Å². The van der Waals surface area contributed by atoms with Gasteiger partial charge in [-0.1, -0.05) is 18.2 Å². The number of carbonyl (C=O) groups is 1. The Hall–Kier alpha value is -2.50. The van der Waals surface area contributed by atoms with Crippen molar-refractivity contribution >= 4 is 17.5 Å². The molecule has 1 saturated heterocycles. The highest BCUT2D eigenvalue weighted by atomic mass is 16.2. The van der Waals surface area contributed by atoms with Gasteiger partial charge in [0.25, 0.3) is 0 Å². The first kappa shape index (κ1) is 14.4. The molecule has 0 unspecified atom stereocenters. The molecule has 1 atom stereocenters. The van der Waals surface area contributed by atoms with Gasteiger partial charge in [0.15, 0.2) is 5.82 Å². The van der Waals surface area contributed by atoms with Crippen molar-refractivity contribution in [2.75, 3.05) is 23.7 Å². The molecular weight excluding hydrogens is 278 g/mol. The number of nitrogens with one attached hydrogen (secondary N) is 2. The van der Waals surface area contributed by atoms with Gasteiger partial charge in [0.1, 0.15) is 0 Å².